The molecule has 2 N–H and O–H groups in total. The number of amides is 2. The molecule has 2 unspecified atom stereocenters. The monoisotopic (exact) mass is 276 g/mol. The predicted molar refractivity (Wildman–Crippen MR) is 79.4 cm³/mol. The minimum atomic E-state index is -0.0656. The Morgan fingerprint density at radius 1 is 1.40 bits per heavy atom. The van der Waals surface area contributed by atoms with E-state index in [-0.39, 0.29) is 24.7 Å². The maximum atomic E-state index is 12.4. The summed E-state index contributed by atoms with van der Waals surface area (Å²) in [6, 6.07) is 9.94. The molecule has 1 aliphatic rings. The van der Waals surface area contributed by atoms with Crippen LogP contribution in [-0.2, 0) is 0 Å². The maximum Gasteiger partial charge on any atom is 0.318 e. The molecule has 0 spiro atoms. The molecule has 0 saturated carbocycles. The van der Waals surface area contributed by atoms with E-state index in [9.17, 15) is 9.90 Å². The van der Waals surface area contributed by atoms with Crippen LogP contribution in [0.15, 0.2) is 30.3 Å². The molecule has 1 fully saturated rings. The van der Waals surface area contributed by atoms with Crippen molar-refractivity contribution in [1.82, 2.24) is 10.2 Å². The molecule has 4 heteroatoms. The number of carbonyl (C=O) groups excluding carboxylic acids is 1. The Labute approximate surface area is 120 Å². The Morgan fingerprint density at radius 2 is 2.10 bits per heavy atom. The van der Waals surface area contributed by atoms with Gasteiger partial charge in [-0.15, -0.1) is 0 Å². The highest BCUT2D eigenvalue weighted by molar-refractivity contribution is 5.75. The number of rotatable bonds is 4. The number of hydrogen-bond acceptors (Lipinski definition) is 2. The van der Waals surface area contributed by atoms with Crippen molar-refractivity contribution >= 4 is 6.03 Å². The van der Waals surface area contributed by atoms with E-state index in [1.54, 1.807) is 4.90 Å². The van der Waals surface area contributed by atoms with Crippen LogP contribution in [-0.4, -0.2) is 35.2 Å². The summed E-state index contributed by atoms with van der Waals surface area (Å²) in [4.78, 5) is 14.2. The number of carbonyl (C=O) groups is 1. The third-order valence-electron chi connectivity index (χ3n) is 3.95. The Hall–Kier alpha value is -1.55. The number of likely N-dealkylation sites (tertiary alicyclic amines) is 1. The van der Waals surface area contributed by atoms with Crippen LogP contribution in [0, 0.1) is 5.92 Å². The third kappa shape index (κ3) is 3.31. The summed E-state index contributed by atoms with van der Waals surface area (Å²) in [5, 5.41) is 12.4. The van der Waals surface area contributed by atoms with Crippen LogP contribution in [0.3, 0.4) is 0 Å². The normalized spacial score (nSPS) is 20.2. The molecule has 2 atom stereocenters. The standard InChI is InChI=1S/C16H24N2O2/c1-12(2)15(13-7-4-3-5-8-13)17-16(20)18-10-6-9-14(18)11-19/h3-5,7-8,12,14-15,19H,6,9-11H2,1-2H3,(H,17,20). The number of aliphatic hydroxyl groups is 1. The summed E-state index contributed by atoms with van der Waals surface area (Å²) >= 11 is 0. The number of urea groups is 1. The highest BCUT2D eigenvalue weighted by Crippen LogP contribution is 2.23. The van der Waals surface area contributed by atoms with Gasteiger partial charge in [0, 0.05) is 6.54 Å². The first-order chi connectivity index (χ1) is 9.63. The van der Waals surface area contributed by atoms with E-state index >= 15 is 0 Å². The zero-order chi connectivity index (χ0) is 14.5. The quantitative estimate of drug-likeness (QED) is 0.888. The van der Waals surface area contributed by atoms with Crippen LogP contribution in [0.1, 0.15) is 38.3 Å². The number of nitrogens with zero attached hydrogens (tertiary/aromatic N) is 1. The van der Waals surface area contributed by atoms with E-state index in [4.69, 9.17) is 0 Å². The van der Waals surface area contributed by atoms with Crippen molar-refractivity contribution in [2.24, 2.45) is 5.92 Å². The summed E-state index contributed by atoms with van der Waals surface area (Å²) in [5.74, 6) is 0.316. The van der Waals surface area contributed by atoms with Gasteiger partial charge in [0.15, 0.2) is 0 Å². The van der Waals surface area contributed by atoms with Crippen LogP contribution < -0.4 is 5.32 Å². The molecule has 0 bridgehead atoms. The smallest absolute Gasteiger partial charge is 0.318 e. The van der Waals surface area contributed by atoms with Crippen molar-refractivity contribution in [3.63, 3.8) is 0 Å². The topological polar surface area (TPSA) is 52.6 Å². The lowest BCUT2D eigenvalue weighted by molar-refractivity contribution is 0.152. The van der Waals surface area contributed by atoms with Gasteiger partial charge in [-0.2, -0.15) is 0 Å². The fourth-order valence-corrected chi connectivity index (χ4v) is 2.80. The van der Waals surface area contributed by atoms with Crippen molar-refractivity contribution < 1.29 is 9.90 Å². The van der Waals surface area contributed by atoms with Crippen LogP contribution in [0.5, 0.6) is 0 Å². The molecule has 1 aromatic rings. The third-order valence-corrected chi connectivity index (χ3v) is 3.95. The van der Waals surface area contributed by atoms with Gasteiger partial charge in [-0.05, 0) is 24.3 Å². The van der Waals surface area contributed by atoms with Crippen molar-refractivity contribution in [1.29, 1.82) is 0 Å². The lowest BCUT2D eigenvalue weighted by atomic mass is 9.96. The van der Waals surface area contributed by atoms with E-state index in [0.717, 1.165) is 24.9 Å². The average Bonchev–Trinajstić information content (AvgIpc) is 2.93. The molecule has 0 aromatic heterocycles. The first kappa shape index (κ1) is 14.9. The van der Waals surface area contributed by atoms with Gasteiger partial charge in [0.05, 0.1) is 18.7 Å². The summed E-state index contributed by atoms with van der Waals surface area (Å²) in [6.07, 6.45) is 1.86. The number of nitrogens with one attached hydrogen (secondary N) is 1. The second kappa shape index (κ2) is 6.75. The van der Waals surface area contributed by atoms with Gasteiger partial charge in [-0.25, -0.2) is 4.79 Å². The van der Waals surface area contributed by atoms with Crippen LogP contribution in [0.4, 0.5) is 4.79 Å². The Balaban J connectivity index is 2.07. The fraction of sp³-hybridized carbons (Fsp3) is 0.562. The summed E-state index contributed by atoms with van der Waals surface area (Å²) in [7, 11) is 0. The summed E-state index contributed by atoms with van der Waals surface area (Å²) in [6.45, 7) is 4.98. The molecular weight excluding hydrogens is 252 g/mol. The largest absolute Gasteiger partial charge is 0.394 e. The average molecular weight is 276 g/mol. The van der Waals surface area contributed by atoms with Gasteiger partial charge in [0.25, 0.3) is 0 Å². The summed E-state index contributed by atoms with van der Waals surface area (Å²) in [5.41, 5.74) is 1.12. The molecule has 4 nitrogen and oxygen atoms in total. The number of hydrogen-bond donors (Lipinski definition) is 2. The van der Waals surface area contributed by atoms with Gasteiger partial charge in [0.1, 0.15) is 0 Å². The summed E-state index contributed by atoms with van der Waals surface area (Å²) < 4.78 is 0. The highest BCUT2D eigenvalue weighted by Gasteiger charge is 2.30. The Morgan fingerprint density at radius 3 is 2.70 bits per heavy atom. The van der Waals surface area contributed by atoms with Crippen molar-refractivity contribution in [2.45, 2.75) is 38.8 Å². The van der Waals surface area contributed by atoms with Gasteiger partial charge in [-0.3, -0.25) is 0 Å². The molecule has 2 amide bonds. The van der Waals surface area contributed by atoms with Crippen LogP contribution >= 0.6 is 0 Å². The van der Waals surface area contributed by atoms with E-state index in [0.29, 0.717) is 5.92 Å². The van der Waals surface area contributed by atoms with Crippen LogP contribution in [0.25, 0.3) is 0 Å². The minimum Gasteiger partial charge on any atom is -0.394 e. The molecule has 1 saturated heterocycles. The first-order valence-electron chi connectivity index (χ1n) is 7.36. The van der Waals surface area contributed by atoms with E-state index in [1.165, 1.54) is 0 Å². The molecule has 110 valence electrons. The van der Waals surface area contributed by atoms with Gasteiger partial charge >= 0.3 is 6.03 Å². The Kier molecular flexibility index (Phi) is 5.01. The molecule has 0 aliphatic carbocycles. The lowest BCUT2D eigenvalue weighted by Crippen LogP contribution is -2.46. The van der Waals surface area contributed by atoms with E-state index in [1.807, 2.05) is 30.3 Å². The van der Waals surface area contributed by atoms with Crippen LogP contribution in [0.2, 0.25) is 0 Å². The number of aliphatic hydroxyl groups excluding tert-OH is 1. The Bertz CT molecular complexity index is 433. The zero-order valence-electron chi connectivity index (χ0n) is 12.2. The molecule has 1 aliphatic heterocycles. The maximum absolute atomic E-state index is 12.4. The van der Waals surface area contributed by atoms with Gasteiger partial charge in [0.2, 0.25) is 0 Å². The van der Waals surface area contributed by atoms with Gasteiger partial charge < -0.3 is 15.3 Å². The molecule has 2 rings (SSSR count). The predicted octanol–water partition coefficient (Wildman–Crippen LogP) is 2.55. The fourth-order valence-electron chi connectivity index (χ4n) is 2.80. The molecule has 1 heterocycles. The minimum absolute atomic E-state index is 0.00337. The highest BCUT2D eigenvalue weighted by atomic mass is 16.3. The van der Waals surface area contributed by atoms with Crippen molar-refractivity contribution in [2.75, 3.05) is 13.2 Å². The number of benzene rings is 1. The zero-order valence-corrected chi connectivity index (χ0v) is 12.2. The second-order valence-electron chi connectivity index (χ2n) is 5.75. The molecule has 20 heavy (non-hydrogen) atoms. The first-order valence-corrected chi connectivity index (χ1v) is 7.36. The van der Waals surface area contributed by atoms with E-state index in [2.05, 4.69) is 19.2 Å². The van der Waals surface area contributed by atoms with Gasteiger partial charge in [-0.1, -0.05) is 44.2 Å². The van der Waals surface area contributed by atoms with Crippen molar-refractivity contribution in [3.8, 4) is 0 Å². The SMILES string of the molecule is CC(C)C(NC(=O)N1CCCC1CO)c1ccccc1. The van der Waals surface area contributed by atoms with E-state index < -0.39 is 0 Å². The second-order valence-corrected chi connectivity index (χ2v) is 5.75. The lowest BCUT2D eigenvalue weighted by Gasteiger charge is -2.29. The molecular formula is C16H24N2O2. The molecule has 1 aromatic carbocycles. The molecule has 0 radical (unpaired) electrons. The van der Waals surface area contributed by atoms with Crippen molar-refractivity contribution in [3.05, 3.63) is 35.9 Å².